The molecule has 7 unspecified atom stereocenters. The van der Waals surface area contributed by atoms with Crippen LogP contribution in [0.15, 0.2) is 24.3 Å². The zero-order valence-electron chi connectivity index (χ0n) is 55.1. The Balaban J connectivity index is 1.89. The van der Waals surface area contributed by atoms with E-state index in [0.29, 0.717) is 19.4 Å². The van der Waals surface area contributed by atoms with Crippen LogP contribution in [0.2, 0.25) is 0 Å². The molecule has 1 aliphatic rings. The fraction of sp³-hybridized carbons (Fsp3) is 0.918. The maximum atomic E-state index is 13.0. The number of aliphatic hydroxyl groups excluding tert-OH is 5. The lowest BCUT2D eigenvalue weighted by Crippen LogP contribution is -2.60. The van der Waals surface area contributed by atoms with Crippen molar-refractivity contribution in [3.63, 3.8) is 0 Å². The summed E-state index contributed by atoms with van der Waals surface area (Å²) >= 11 is 0. The number of amides is 1. The third-order valence-electron chi connectivity index (χ3n) is 17.6. The van der Waals surface area contributed by atoms with E-state index < -0.39 is 49.5 Å². The van der Waals surface area contributed by atoms with E-state index in [9.17, 15) is 35.1 Å². The SMILES string of the molecule is CCCCCCCCC/C=C/C(O)C(COC1OC(CO)C(O)C(O)C1O)NC(=O)CCCCCCCCCCCCCCCCCCC/C=C\CCCCCCCCCCCCCCOC(=O)CCCCCCCCCCCCCCCC. The molecule has 1 heterocycles. The molecule has 11 nitrogen and oxygen atoms in total. The second-order valence-electron chi connectivity index (χ2n) is 25.7. The zero-order valence-corrected chi connectivity index (χ0v) is 55.1. The smallest absolute Gasteiger partial charge is 0.305 e. The molecule has 84 heavy (non-hydrogen) atoms. The lowest BCUT2D eigenvalue weighted by molar-refractivity contribution is -0.302. The summed E-state index contributed by atoms with van der Waals surface area (Å²) in [6, 6.07) is -0.806. The molecule has 11 heteroatoms. The minimum atomic E-state index is -1.57. The zero-order chi connectivity index (χ0) is 60.9. The number of nitrogens with one attached hydrogen (secondary N) is 1. The number of allylic oxidation sites excluding steroid dienone is 3. The van der Waals surface area contributed by atoms with Crippen molar-refractivity contribution in [1.82, 2.24) is 5.32 Å². The summed E-state index contributed by atoms with van der Waals surface area (Å²) in [7, 11) is 0. The molecule has 1 rings (SSSR count). The summed E-state index contributed by atoms with van der Waals surface area (Å²) in [5.74, 6) is -0.165. The van der Waals surface area contributed by atoms with Gasteiger partial charge in [0.2, 0.25) is 5.91 Å². The van der Waals surface area contributed by atoms with Crippen molar-refractivity contribution < 1.29 is 49.3 Å². The van der Waals surface area contributed by atoms with Crippen LogP contribution in [0.5, 0.6) is 0 Å². The van der Waals surface area contributed by atoms with Crippen LogP contribution in [0.4, 0.5) is 0 Å². The van der Waals surface area contributed by atoms with E-state index in [-0.39, 0.29) is 18.5 Å². The van der Waals surface area contributed by atoms with Crippen molar-refractivity contribution in [3.8, 4) is 0 Å². The maximum Gasteiger partial charge on any atom is 0.305 e. The highest BCUT2D eigenvalue weighted by Crippen LogP contribution is 2.23. The minimum Gasteiger partial charge on any atom is -0.466 e. The normalized spacial score (nSPS) is 18.1. The number of hydrogen-bond donors (Lipinski definition) is 6. The molecule has 1 aliphatic heterocycles. The summed E-state index contributed by atoms with van der Waals surface area (Å²) in [4.78, 5) is 25.1. The molecule has 0 aromatic carbocycles. The Morgan fingerprint density at radius 3 is 1.14 bits per heavy atom. The van der Waals surface area contributed by atoms with E-state index in [4.69, 9.17) is 14.2 Å². The molecule has 496 valence electrons. The number of unbranched alkanes of at least 4 members (excludes halogenated alkanes) is 49. The summed E-state index contributed by atoms with van der Waals surface area (Å²) in [6.45, 7) is 4.36. The van der Waals surface area contributed by atoms with Gasteiger partial charge in [0.05, 0.1) is 32.0 Å². The average Bonchev–Trinajstić information content (AvgIpc) is 3.39. The summed E-state index contributed by atoms with van der Waals surface area (Å²) < 4.78 is 16.7. The standard InChI is InChI=1S/C73H139NO10/c1-3-5-7-9-11-13-14-15-38-41-45-49-53-57-61-69(78)82-62-58-54-50-46-42-39-36-34-32-30-28-26-24-22-20-18-16-17-19-21-23-25-27-29-31-33-35-37-40-44-48-52-56-60-68(77)74-65(66(76)59-55-51-47-43-12-10-8-6-4-2)64-83-73-72(81)71(80)70(79)67(63-75)84-73/h20,22,55,59,65-67,70-73,75-76,79-81H,3-19,21,23-54,56-58,60-64H2,1-2H3,(H,74,77)/b22-20-,59-55+. The van der Waals surface area contributed by atoms with Crippen LogP contribution in [-0.4, -0.2) is 100 Å². The number of rotatable bonds is 65. The molecule has 0 saturated carbocycles. The van der Waals surface area contributed by atoms with Gasteiger partial charge in [0.1, 0.15) is 24.4 Å². The van der Waals surface area contributed by atoms with Crippen molar-refractivity contribution in [1.29, 1.82) is 0 Å². The third-order valence-corrected chi connectivity index (χ3v) is 17.6. The van der Waals surface area contributed by atoms with Gasteiger partial charge in [-0.15, -0.1) is 0 Å². The Kier molecular flexibility index (Phi) is 59.9. The van der Waals surface area contributed by atoms with Crippen molar-refractivity contribution in [2.45, 2.75) is 410 Å². The molecule has 7 atom stereocenters. The van der Waals surface area contributed by atoms with Gasteiger partial charge in [-0.05, 0) is 57.8 Å². The first-order valence-electron chi connectivity index (χ1n) is 36.6. The lowest BCUT2D eigenvalue weighted by atomic mass is 9.99. The maximum absolute atomic E-state index is 13.0. The minimum absolute atomic E-state index is 0.0143. The Morgan fingerprint density at radius 2 is 0.762 bits per heavy atom. The number of hydrogen-bond acceptors (Lipinski definition) is 10. The van der Waals surface area contributed by atoms with E-state index in [0.717, 1.165) is 51.4 Å². The monoisotopic (exact) mass is 1190 g/mol. The van der Waals surface area contributed by atoms with Gasteiger partial charge in [0, 0.05) is 12.8 Å². The number of carbonyl (C=O) groups is 2. The van der Waals surface area contributed by atoms with Crippen LogP contribution < -0.4 is 5.32 Å². The Hall–Kier alpha value is -1.86. The summed E-state index contributed by atoms with van der Waals surface area (Å²) in [5.41, 5.74) is 0. The third kappa shape index (κ3) is 51.1. The Labute approximate surface area is 518 Å². The molecule has 0 radical (unpaired) electrons. The molecule has 6 N–H and O–H groups in total. The number of ether oxygens (including phenoxy) is 3. The highest BCUT2D eigenvalue weighted by Gasteiger charge is 2.44. The summed E-state index contributed by atoms with van der Waals surface area (Å²) in [6.07, 6.45) is 69.2. The van der Waals surface area contributed by atoms with Crippen molar-refractivity contribution >= 4 is 11.9 Å². The number of carbonyl (C=O) groups excluding carboxylic acids is 2. The van der Waals surface area contributed by atoms with Crippen LogP contribution in [-0.2, 0) is 23.8 Å². The molecule has 0 spiro atoms. The fourth-order valence-electron chi connectivity index (χ4n) is 11.8. The highest BCUT2D eigenvalue weighted by molar-refractivity contribution is 5.76. The van der Waals surface area contributed by atoms with Crippen LogP contribution in [0.1, 0.15) is 367 Å². The average molecular weight is 1190 g/mol. The van der Waals surface area contributed by atoms with Gasteiger partial charge >= 0.3 is 5.97 Å². The van der Waals surface area contributed by atoms with Gasteiger partial charge in [-0.3, -0.25) is 9.59 Å². The molecular weight excluding hydrogens is 1050 g/mol. The Bertz CT molecular complexity index is 1440. The topological polar surface area (TPSA) is 175 Å². The first kappa shape index (κ1) is 80.2. The van der Waals surface area contributed by atoms with Gasteiger partial charge in [-0.2, -0.15) is 0 Å². The van der Waals surface area contributed by atoms with E-state index >= 15 is 0 Å². The predicted molar refractivity (Wildman–Crippen MR) is 352 cm³/mol. The van der Waals surface area contributed by atoms with Crippen molar-refractivity contribution in [2.75, 3.05) is 19.8 Å². The number of aliphatic hydroxyl groups is 5. The second kappa shape index (κ2) is 62.7. The Morgan fingerprint density at radius 1 is 0.429 bits per heavy atom. The van der Waals surface area contributed by atoms with E-state index in [1.807, 2.05) is 6.08 Å². The molecule has 0 aromatic rings. The quantitative estimate of drug-likeness (QED) is 0.0195. The first-order chi connectivity index (χ1) is 41.2. The van der Waals surface area contributed by atoms with Crippen molar-refractivity contribution in [3.05, 3.63) is 24.3 Å². The van der Waals surface area contributed by atoms with Gasteiger partial charge in [0.15, 0.2) is 6.29 Å². The molecule has 0 aliphatic carbocycles. The van der Waals surface area contributed by atoms with Crippen LogP contribution in [0.3, 0.4) is 0 Å². The molecule has 1 saturated heterocycles. The van der Waals surface area contributed by atoms with Crippen molar-refractivity contribution in [2.24, 2.45) is 0 Å². The number of esters is 1. The molecule has 1 fully saturated rings. The second-order valence-corrected chi connectivity index (χ2v) is 25.7. The lowest BCUT2D eigenvalue weighted by Gasteiger charge is -2.40. The fourth-order valence-corrected chi connectivity index (χ4v) is 11.8. The molecule has 0 bridgehead atoms. The largest absolute Gasteiger partial charge is 0.466 e. The van der Waals surface area contributed by atoms with Gasteiger partial charge in [-0.1, -0.05) is 321 Å². The van der Waals surface area contributed by atoms with Crippen LogP contribution >= 0.6 is 0 Å². The van der Waals surface area contributed by atoms with E-state index in [1.165, 1.54) is 289 Å². The van der Waals surface area contributed by atoms with Gasteiger partial charge < -0.3 is 45.1 Å². The molecule has 1 amide bonds. The highest BCUT2D eigenvalue weighted by atomic mass is 16.7. The summed E-state index contributed by atoms with van der Waals surface area (Å²) in [5, 5.41) is 54.3. The van der Waals surface area contributed by atoms with Crippen LogP contribution in [0, 0.1) is 0 Å². The van der Waals surface area contributed by atoms with E-state index in [2.05, 4.69) is 31.3 Å². The molecular formula is C73H139NO10. The van der Waals surface area contributed by atoms with E-state index in [1.54, 1.807) is 6.08 Å². The first-order valence-corrected chi connectivity index (χ1v) is 36.6. The van der Waals surface area contributed by atoms with Gasteiger partial charge in [-0.25, -0.2) is 0 Å². The van der Waals surface area contributed by atoms with Gasteiger partial charge in [0.25, 0.3) is 0 Å². The predicted octanol–water partition coefficient (Wildman–Crippen LogP) is 18.8. The molecule has 0 aromatic heterocycles. The van der Waals surface area contributed by atoms with Crippen LogP contribution in [0.25, 0.3) is 0 Å².